The minimum Gasteiger partial charge on any atom is -0.0533 e. The molecule has 0 unspecified atom stereocenters. The molecule has 3 aliphatic rings. The van der Waals surface area contributed by atoms with Gasteiger partial charge in [-0.05, 0) is 49.4 Å². The molecule has 3 aliphatic carbocycles. The van der Waals surface area contributed by atoms with Crippen LogP contribution in [0.4, 0.5) is 0 Å². The number of hydrogen-bond donors (Lipinski definition) is 0. The van der Waals surface area contributed by atoms with E-state index in [1.807, 2.05) is 0 Å². The van der Waals surface area contributed by atoms with Gasteiger partial charge in [0.15, 0.2) is 0 Å². The van der Waals surface area contributed by atoms with Crippen LogP contribution in [0.25, 0.3) is 0 Å². The summed E-state index contributed by atoms with van der Waals surface area (Å²) < 4.78 is 0. The molecule has 3 fully saturated rings. The zero-order valence-corrected chi connectivity index (χ0v) is 7.36. The first-order chi connectivity index (χ1) is 5.37. The fourth-order valence-corrected chi connectivity index (χ4v) is 3.77. The molecule has 0 nitrogen and oxygen atoms in total. The Kier molecular flexibility index (Phi) is 1.09. The molecule has 3 rings (SSSR count). The third-order valence-electron chi connectivity index (χ3n) is 4.87. The van der Waals surface area contributed by atoms with Gasteiger partial charge in [0.1, 0.15) is 0 Å². The summed E-state index contributed by atoms with van der Waals surface area (Å²) in [6.45, 7) is 0. The van der Waals surface area contributed by atoms with Crippen molar-refractivity contribution in [2.24, 2.45) is 10.8 Å². The molecule has 0 bridgehead atoms. The Morgan fingerprint density at radius 2 is 0.909 bits per heavy atom. The molecule has 2 spiro atoms. The standard InChI is InChI=1S/C11H18/c1-2-4-10(5-3-1)6-7-11(10)8-9-11/h1-9H2. The van der Waals surface area contributed by atoms with E-state index in [1.54, 1.807) is 51.4 Å². The van der Waals surface area contributed by atoms with Crippen LogP contribution in [0.5, 0.6) is 0 Å². The Labute approximate surface area is 69.4 Å². The quantitative estimate of drug-likeness (QED) is 0.495. The van der Waals surface area contributed by atoms with Gasteiger partial charge < -0.3 is 0 Å². The van der Waals surface area contributed by atoms with Crippen LogP contribution >= 0.6 is 0 Å². The Morgan fingerprint density at radius 1 is 0.455 bits per heavy atom. The third kappa shape index (κ3) is 0.666. The van der Waals surface area contributed by atoms with Gasteiger partial charge in [-0.15, -0.1) is 0 Å². The van der Waals surface area contributed by atoms with Gasteiger partial charge in [-0.25, -0.2) is 0 Å². The molecule has 0 saturated heterocycles. The van der Waals surface area contributed by atoms with Gasteiger partial charge in [-0.3, -0.25) is 0 Å². The highest BCUT2D eigenvalue weighted by Gasteiger charge is 2.64. The van der Waals surface area contributed by atoms with Crippen LogP contribution in [-0.2, 0) is 0 Å². The first-order valence-corrected chi connectivity index (χ1v) is 5.37. The summed E-state index contributed by atoms with van der Waals surface area (Å²) in [6.07, 6.45) is 14.2. The van der Waals surface area contributed by atoms with Crippen molar-refractivity contribution in [3.05, 3.63) is 0 Å². The zero-order valence-electron chi connectivity index (χ0n) is 7.36. The average Bonchev–Trinajstić information content (AvgIpc) is 2.85. The normalized spacial score (nSPS) is 37.1. The molecule has 0 N–H and O–H groups in total. The van der Waals surface area contributed by atoms with Gasteiger partial charge in [0.05, 0.1) is 0 Å². The minimum atomic E-state index is 0.908. The van der Waals surface area contributed by atoms with Crippen LogP contribution in [0.1, 0.15) is 57.8 Å². The summed E-state index contributed by atoms with van der Waals surface area (Å²) in [5.41, 5.74) is 1.85. The van der Waals surface area contributed by atoms with Crippen molar-refractivity contribution in [1.29, 1.82) is 0 Å². The predicted molar refractivity (Wildman–Crippen MR) is 46.4 cm³/mol. The molecule has 0 aromatic rings. The van der Waals surface area contributed by atoms with Gasteiger partial charge >= 0.3 is 0 Å². The van der Waals surface area contributed by atoms with Crippen LogP contribution in [0, 0.1) is 10.8 Å². The number of fused-ring (bicyclic) bond motifs is 1. The fourth-order valence-electron chi connectivity index (χ4n) is 3.77. The second-order valence-corrected chi connectivity index (χ2v) is 5.12. The van der Waals surface area contributed by atoms with E-state index in [1.165, 1.54) is 6.42 Å². The lowest BCUT2D eigenvalue weighted by Crippen LogP contribution is -2.43. The molecule has 62 valence electrons. The van der Waals surface area contributed by atoms with Gasteiger partial charge in [0, 0.05) is 0 Å². The van der Waals surface area contributed by atoms with Gasteiger partial charge in [0.25, 0.3) is 0 Å². The number of rotatable bonds is 0. The monoisotopic (exact) mass is 150 g/mol. The maximum Gasteiger partial charge on any atom is -0.0240 e. The van der Waals surface area contributed by atoms with E-state index in [2.05, 4.69) is 0 Å². The van der Waals surface area contributed by atoms with Crippen molar-refractivity contribution in [3.8, 4) is 0 Å². The summed E-state index contributed by atoms with van der Waals surface area (Å²) in [5.74, 6) is 0. The molecule has 0 aromatic carbocycles. The molecule has 0 radical (unpaired) electrons. The number of hydrogen-bond acceptors (Lipinski definition) is 0. The van der Waals surface area contributed by atoms with Crippen molar-refractivity contribution in [1.82, 2.24) is 0 Å². The molecule has 0 atom stereocenters. The highest BCUT2D eigenvalue weighted by molar-refractivity contribution is 5.14. The topological polar surface area (TPSA) is 0 Å². The first kappa shape index (κ1) is 6.51. The second kappa shape index (κ2) is 1.84. The highest BCUT2D eigenvalue weighted by atomic mass is 14.7. The van der Waals surface area contributed by atoms with E-state index in [0.29, 0.717) is 0 Å². The van der Waals surface area contributed by atoms with Crippen LogP contribution in [-0.4, -0.2) is 0 Å². The minimum absolute atomic E-state index is 0.908. The lowest BCUT2D eigenvalue weighted by atomic mass is 9.51. The Bertz CT molecular complexity index is 170. The zero-order chi connectivity index (χ0) is 7.36. The van der Waals surface area contributed by atoms with Crippen molar-refractivity contribution >= 4 is 0 Å². The van der Waals surface area contributed by atoms with Crippen LogP contribution in [0.15, 0.2) is 0 Å². The van der Waals surface area contributed by atoms with Crippen LogP contribution in [0.2, 0.25) is 0 Å². The van der Waals surface area contributed by atoms with Crippen molar-refractivity contribution in [2.45, 2.75) is 57.8 Å². The summed E-state index contributed by atoms with van der Waals surface area (Å²) in [7, 11) is 0. The van der Waals surface area contributed by atoms with Crippen molar-refractivity contribution in [3.63, 3.8) is 0 Å². The molecule has 0 amide bonds. The molecule has 0 aliphatic heterocycles. The Hall–Kier alpha value is 0. The van der Waals surface area contributed by atoms with Gasteiger partial charge in [0.2, 0.25) is 0 Å². The van der Waals surface area contributed by atoms with Crippen molar-refractivity contribution < 1.29 is 0 Å². The fraction of sp³-hybridized carbons (Fsp3) is 1.00. The highest BCUT2D eigenvalue weighted by Crippen LogP contribution is 2.75. The van der Waals surface area contributed by atoms with E-state index >= 15 is 0 Å². The van der Waals surface area contributed by atoms with E-state index in [9.17, 15) is 0 Å². The maximum absolute atomic E-state index is 1.59. The summed E-state index contributed by atoms with van der Waals surface area (Å²) in [6, 6.07) is 0. The van der Waals surface area contributed by atoms with Gasteiger partial charge in [-0.1, -0.05) is 19.3 Å². The van der Waals surface area contributed by atoms with E-state index < -0.39 is 0 Å². The smallest absolute Gasteiger partial charge is 0.0240 e. The Balaban J connectivity index is 1.82. The largest absolute Gasteiger partial charge is 0.0533 e. The first-order valence-electron chi connectivity index (χ1n) is 5.37. The summed E-state index contributed by atoms with van der Waals surface area (Å²) in [5, 5.41) is 0. The maximum atomic E-state index is 1.59. The van der Waals surface area contributed by atoms with Gasteiger partial charge in [-0.2, -0.15) is 0 Å². The van der Waals surface area contributed by atoms with E-state index in [-0.39, 0.29) is 0 Å². The third-order valence-corrected chi connectivity index (χ3v) is 4.87. The molecular formula is C11H18. The lowest BCUT2D eigenvalue weighted by molar-refractivity contribution is -0.0307. The lowest BCUT2D eigenvalue weighted by Gasteiger charge is -2.53. The Morgan fingerprint density at radius 3 is 1.36 bits per heavy atom. The van der Waals surface area contributed by atoms with Crippen LogP contribution in [0.3, 0.4) is 0 Å². The molecule has 0 aromatic heterocycles. The van der Waals surface area contributed by atoms with E-state index in [0.717, 1.165) is 10.8 Å². The second-order valence-electron chi connectivity index (χ2n) is 5.12. The summed E-state index contributed by atoms with van der Waals surface area (Å²) in [4.78, 5) is 0. The average molecular weight is 150 g/mol. The molecule has 11 heavy (non-hydrogen) atoms. The predicted octanol–water partition coefficient (Wildman–Crippen LogP) is 3.51. The molecule has 0 heterocycles. The molecule has 3 saturated carbocycles. The van der Waals surface area contributed by atoms with E-state index in [4.69, 9.17) is 0 Å². The van der Waals surface area contributed by atoms with Crippen molar-refractivity contribution in [2.75, 3.05) is 0 Å². The molecular weight excluding hydrogens is 132 g/mol. The SMILES string of the molecule is C1CCC2(CC1)CCC21CC1. The summed E-state index contributed by atoms with van der Waals surface area (Å²) >= 11 is 0. The molecule has 0 heteroatoms. The van der Waals surface area contributed by atoms with Crippen LogP contribution < -0.4 is 0 Å².